The van der Waals surface area contributed by atoms with Crippen molar-refractivity contribution in [3.8, 4) is 11.5 Å². The second-order valence-electron chi connectivity index (χ2n) is 8.07. The van der Waals surface area contributed by atoms with E-state index in [4.69, 9.17) is 4.42 Å². The first kappa shape index (κ1) is 20.6. The fraction of sp³-hybridized carbons (Fsp3) is 0.500. The highest BCUT2D eigenvalue weighted by atomic mass is 32.2. The minimum Gasteiger partial charge on any atom is -0.411 e. The molecule has 0 saturated heterocycles. The van der Waals surface area contributed by atoms with Crippen molar-refractivity contribution < 1.29 is 9.21 Å². The summed E-state index contributed by atoms with van der Waals surface area (Å²) >= 11 is 1.30. The van der Waals surface area contributed by atoms with Crippen LogP contribution in [0.4, 0.5) is 0 Å². The van der Waals surface area contributed by atoms with Gasteiger partial charge in [-0.3, -0.25) is 4.79 Å². The molecule has 1 aromatic heterocycles. The highest BCUT2D eigenvalue weighted by Gasteiger charge is 2.20. The fourth-order valence-electron chi connectivity index (χ4n) is 3.30. The Hall–Kier alpha value is -2.08. The lowest BCUT2D eigenvalue weighted by atomic mass is 9.87. The van der Waals surface area contributed by atoms with Gasteiger partial charge in [-0.2, -0.15) is 0 Å². The van der Waals surface area contributed by atoms with Crippen molar-refractivity contribution in [3.05, 3.63) is 41.6 Å². The third kappa shape index (κ3) is 5.04. The number of hydrogen-bond acceptors (Lipinski definition) is 5. The van der Waals surface area contributed by atoms with Crippen molar-refractivity contribution in [3.63, 3.8) is 0 Å². The third-order valence-corrected chi connectivity index (χ3v) is 5.76. The summed E-state index contributed by atoms with van der Waals surface area (Å²) in [6, 6.07) is 8.18. The SMILES string of the molecule is CCN(C(=O)CSc1nnc(-c2ccc(C(C)(C)C)cc2)o1)C1=CCCCC1. The molecular weight excluding hydrogens is 370 g/mol. The van der Waals surface area contributed by atoms with Gasteiger partial charge in [0.15, 0.2) is 0 Å². The van der Waals surface area contributed by atoms with E-state index >= 15 is 0 Å². The summed E-state index contributed by atoms with van der Waals surface area (Å²) in [6.07, 6.45) is 6.61. The van der Waals surface area contributed by atoms with Crippen LogP contribution in [0.1, 0.15) is 58.9 Å². The van der Waals surface area contributed by atoms with Crippen LogP contribution in [0.15, 0.2) is 45.7 Å². The maximum atomic E-state index is 12.6. The van der Waals surface area contributed by atoms with Crippen molar-refractivity contribution in [2.24, 2.45) is 0 Å². The highest BCUT2D eigenvalue weighted by molar-refractivity contribution is 7.99. The summed E-state index contributed by atoms with van der Waals surface area (Å²) in [7, 11) is 0. The monoisotopic (exact) mass is 399 g/mol. The summed E-state index contributed by atoms with van der Waals surface area (Å²) in [4.78, 5) is 14.5. The zero-order chi connectivity index (χ0) is 20.1. The van der Waals surface area contributed by atoms with E-state index in [1.807, 2.05) is 24.0 Å². The summed E-state index contributed by atoms with van der Waals surface area (Å²) in [5.74, 6) is 0.878. The molecule has 3 rings (SSSR count). The lowest BCUT2D eigenvalue weighted by Crippen LogP contribution is -2.32. The zero-order valence-corrected chi connectivity index (χ0v) is 18.0. The van der Waals surface area contributed by atoms with Gasteiger partial charge in [0, 0.05) is 17.8 Å². The molecule has 0 aliphatic heterocycles. The zero-order valence-electron chi connectivity index (χ0n) is 17.2. The van der Waals surface area contributed by atoms with Gasteiger partial charge in [0.1, 0.15) is 0 Å². The highest BCUT2D eigenvalue weighted by Crippen LogP contribution is 2.28. The van der Waals surface area contributed by atoms with Gasteiger partial charge in [-0.25, -0.2) is 0 Å². The molecule has 0 saturated carbocycles. The Morgan fingerprint density at radius 3 is 2.54 bits per heavy atom. The standard InChI is InChI=1S/C22H29N3O2S/c1-5-25(18-9-7-6-8-10-18)19(26)15-28-21-24-23-20(27-21)16-11-13-17(14-12-16)22(2,3)4/h9,11-14H,5-8,10,15H2,1-4H3. The molecule has 5 nitrogen and oxygen atoms in total. The van der Waals surface area contributed by atoms with E-state index in [1.54, 1.807) is 0 Å². The first-order valence-corrected chi connectivity index (χ1v) is 10.9. The Labute approximate surface area is 171 Å². The molecule has 1 aliphatic carbocycles. The first-order chi connectivity index (χ1) is 13.4. The lowest BCUT2D eigenvalue weighted by molar-refractivity contribution is -0.126. The van der Waals surface area contributed by atoms with Crippen LogP contribution in [0.2, 0.25) is 0 Å². The Kier molecular flexibility index (Phi) is 6.60. The van der Waals surface area contributed by atoms with Crippen molar-refractivity contribution in [1.82, 2.24) is 15.1 Å². The van der Waals surface area contributed by atoms with E-state index in [0.29, 0.717) is 23.4 Å². The van der Waals surface area contributed by atoms with Crippen LogP contribution < -0.4 is 0 Å². The van der Waals surface area contributed by atoms with Gasteiger partial charge in [-0.15, -0.1) is 10.2 Å². The Balaban J connectivity index is 1.61. The van der Waals surface area contributed by atoms with Crippen LogP contribution in [-0.4, -0.2) is 33.3 Å². The molecule has 150 valence electrons. The van der Waals surface area contributed by atoms with Crippen LogP contribution in [0, 0.1) is 0 Å². The molecule has 1 aromatic carbocycles. The second-order valence-corrected chi connectivity index (χ2v) is 8.99. The number of thioether (sulfide) groups is 1. The van der Waals surface area contributed by atoms with Gasteiger partial charge < -0.3 is 9.32 Å². The van der Waals surface area contributed by atoms with E-state index in [1.165, 1.54) is 23.7 Å². The number of allylic oxidation sites excluding steroid dienone is 2. The van der Waals surface area contributed by atoms with Crippen LogP contribution in [0.5, 0.6) is 0 Å². The summed E-state index contributed by atoms with van der Waals surface area (Å²) in [5, 5.41) is 8.66. The molecule has 0 N–H and O–H groups in total. The maximum absolute atomic E-state index is 12.6. The number of carbonyl (C=O) groups is 1. The average molecular weight is 400 g/mol. The topological polar surface area (TPSA) is 59.2 Å². The van der Waals surface area contributed by atoms with E-state index in [0.717, 1.165) is 30.5 Å². The number of nitrogens with zero attached hydrogens (tertiary/aromatic N) is 3. The number of hydrogen-bond donors (Lipinski definition) is 0. The molecule has 1 heterocycles. The van der Waals surface area contributed by atoms with Gasteiger partial charge in [0.2, 0.25) is 11.8 Å². The maximum Gasteiger partial charge on any atom is 0.277 e. The molecule has 0 fully saturated rings. The second kappa shape index (κ2) is 8.95. The van der Waals surface area contributed by atoms with Crippen LogP contribution in [-0.2, 0) is 10.2 Å². The minimum atomic E-state index is 0.0925. The number of carbonyl (C=O) groups excluding carboxylic acids is 1. The Morgan fingerprint density at radius 2 is 1.93 bits per heavy atom. The van der Waals surface area contributed by atoms with Crippen LogP contribution in [0.3, 0.4) is 0 Å². The third-order valence-electron chi connectivity index (χ3n) is 4.95. The van der Waals surface area contributed by atoms with Crippen LogP contribution in [0.25, 0.3) is 11.5 Å². The first-order valence-electron chi connectivity index (χ1n) is 9.95. The molecule has 0 unspecified atom stereocenters. The molecular formula is C22H29N3O2S. The smallest absolute Gasteiger partial charge is 0.277 e. The van der Waals surface area contributed by atoms with Crippen molar-refractivity contribution in [2.45, 2.75) is 64.0 Å². The quantitative estimate of drug-likeness (QED) is 0.606. The number of amides is 1. The van der Waals surface area contributed by atoms with E-state index in [9.17, 15) is 4.79 Å². The Morgan fingerprint density at radius 1 is 1.18 bits per heavy atom. The molecule has 0 atom stereocenters. The number of aromatic nitrogens is 2. The van der Waals surface area contributed by atoms with Crippen molar-refractivity contribution >= 4 is 17.7 Å². The predicted octanol–water partition coefficient (Wildman–Crippen LogP) is 5.43. The van der Waals surface area contributed by atoms with E-state index < -0.39 is 0 Å². The summed E-state index contributed by atoms with van der Waals surface area (Å²) < 4.78 is 5.76. The molecule has 2 aromatic rings. The van der Waals surface area contributed by atoms with Gasteiger partial charge >= 0.3 is 0 Å². The number of benzene rings is 1. The molecule has 1 amide bonds. The van der Waals surface area contributed by atoms with Gasteiger partial charge in [0.25, 0.3) is 5.22 Å². The van der Waals surface area contributed by atoms with Crippen molar-refractivity contribution in [1.29, 1.82) is 0 Å². The fourth-order valence-corrected chi connectivity index (χ4v) is 3.94. The average Bonchev–Trinajstić information content (AvgIpc) is 3.16. The molecule has 6 heteroatoms. The van der Waals surface area contributed by atoms with Gasteiger partial charge in [-0.05, 0) is 55.7 Å². The lowest BCUT2D eigenvalue weighted by Gasteiger charge is -2.26. The molecule has 1 aliphatic rings. The van der Waals surface area contributed by atoms with Gasteiger partial charge in [-0.1, -0.05) is 50.7 Å². The van der Waals surface area contributed by atoms with Crippen LogP contribution >= 0.6 is 11.8 Å². The summed E-state index contributed by atoms with van der Waals surface area (Å²) in [6.45, 7) is 9.26. The summed E-state index contributed by atoms with van der Waals surface area (Å²) in [5.41, 5.74) is 3.41. The molecule has 0 radical (unpaired) electrons. The predicted molar refractivity (Wildman–Crippen MR) is 113 cm³/mol. The molecule has 0 spiro atoms. The minimum absolute atomic E-state index is 0.0925. The van der Waals surface area contributed by atoms with Gasteiger partial charge in [0.05, 0.1) is 5.75 Å². The number of rotatable bonds is 6. The molecule has 28 heavy (non-hydrogen) atoms. The molecule has 0 bridgehead atoms. The Bertz CT molecular complexity index is 834. The van der Waals surface area contributed by atoms with Crippen molar-refractivity contribution in [2.75, 3.05) is 12.3 Å². The van der Waals surface area contributed by atoms with E-state index in [-0.39, 0.29) is 11.3 Å². The van der Waals surface area contributed by atoms with E-state index in [2.05, 4.69) is 49.2 Å². The normalized spacial score (nSPS) is 14.6. The largest absolute Gasteiger partial charge is 0.411 e.